The van der Waals surface area contributed by atoms with Crippen molar-refractivity contribution in [2.24, 2.45) is 17.8 Å². The van der Waals surface area contributed by atoms with Crippen LogP contribution in [0.15, 0.2) is 0 Å². The van der Waals surface area contributed by atoms with E-state index in [0.29, 0.717) is 5.92 Å². The average Bonchev–Trinajstić information content (AvgIpc) is 2.17. The zero-order valence-electron chi connectivity index (χ0n) is 7.67. The Morgan fingerprint density at radius 1 is 0.917 bits per heavy atom. The predicted molar refractivity (Wildman–Crippen MR) is 48.9 cm³/mol. The van der Waals surface area contributed by atoms with E-state index in [9.17, 15) is 4.79 Å². The van der Waals surface area contributed by atoms with Gasteiger partial charge in [0, 0.05) is 5.92 Å². The summed E-state index contributed by atoms with van der Waals surface area (Å²) in [7, 11) is 0. The molecule has 2 aliphatic carbocycles. The fourth-order valence-corrected chi connectivity index (χ4v) is 3.03. The highest BCUT2D eigenvalue weighted by molar-refractivity contribution is 5.53. The van der Waals surface area contributed by atoms with E-state index in [0.717, 1.165) is 11.8 Å². The van der Waals surface area contributed by atoms with Crippen molar-refractivity contribution >= 4 is 6.29 Å². The van der Waals surface area contributed by atoms with Gasteiger partial charge in [0.1, 0.15) is 6.29 Å². The van der Waals surface area contributed by atoms with E-state index in [1.165, 1.54) is 51.2 Å². The first-order valence-electron chi connectivity index (χ1n) is 5.35. The summed E-state index contributed by atoms with van der Waals surface area (Å²) in [5.41, 5.74) is 0. The van der Waals surface area contributed by atoms with Crippen LogP contribution in [0.5, 0.6) is 0 Å². The van der Waals surface area contributed by atoms with Crippen molar-refractivity contribution in [2.75, 3.05) is 0 Å². The topological polar surface area (TPSA) is 17.1 Å². The van der Waals surface area contributed by atoms with Gasteiger partial charge in [-0.15, -0.1) is 0 Å². The molecule has 0 bridgehead atoms. The average molecular weight is 166 g/mol. The van der Waals surface area contributed by atoms with Crippen molar-refractivity contribution in [3.63, 3.8) is 0 Å². The third kappa shape index (κ3) is 1.55. The lowest BCUT2D eigenvalue weighted by Gasteiger charge is -2.37. The molecule has 0 spiro atoms. The van der Waals surface area contributed by atoms with Crippen LogP contribution in [0.4, 0.5) is 0 Å². The van der Waals surface area contributed by atoms with Gasteiger partial charge in [0.15, 0.2) is 0 Å². The molecule has 0 radical (unpaired) electrons. The van der Waals surface area contributed by atoms with Crippen LogP contribution in [0.3, 0.4) is 0 Å². The molecule has 2 fully saturated rings. The summed E-state index contributed by atoms with van der Waals surface area (Å²) < 4.78 is 0. The molecule has 1 nitrogen and oxygen atoms in total. The van der Waals surface area contributed by atoms with Gasteiger partial charge < -0.3 is 4.79 Å². The molecule has 3 atom stereocenters. The number of carbonyl (C=O) groups excluding carboxylic acids is 1. The van der Waals surface area contributed by atoms with E-state index in [2.05, 4.69) is 0 Å². The molecule has 2 saturated carbocycles. The highest BCUT2D eigenvalue weighted by atomic mass is 16.1. The molecule has 0 saturated heterocycles. The predicted octanol–water partition coefficient (Wildman–Crippen LogP) is 2.79. The first-order chi connectivity index (χ1) is 5.90. The van der Waals surface area contributed by atoms with Crippen LogP contribution in [0.1, 0.15) is 44.9 Å². The number of rotatable bonds is 1. The molecule has 1 heteroatoms. The van der Waals surface area contributed by atoms with Crippen molar-refractivity contribution in [2.45, 2.75) is 44.9 Å². The standard InChI is InChI=1S/C11H18O/c12-8-9-5-6-10-3-1-2-4-11(10)7-9/h8-11H,1-7H2/t9-,10-,11-/m1/s1. The monoisotopic (exact) mass is 166 g/mol. The molecule has 0 aliphatic heterocycles. The van der Waals surface area contributed by atoms with Crippen LogP contribution in [-0.4, -0.2) is 6.29 Å². The first-order valence-corrected chi connectivity index (χ1v) is 5.35. The zero-order chi connectivity index (χ0) is 8.39. The normalized spacial score (nSPS) is 41.8. The van der Waals surface area contributed by atoms with E-state index in [-0.39, 0.29) is 0 Å². The van der Waals surface area contributed by atoms with Crippen LogP contribution >= 0.6 is 0 Å². The van der Waals surface area contributed by atoms with Crippen LogP contribution in [0.25, 0.3) is 0 Å². The summed E-state index contributed by atoms with van der Waals surface area (Å²) in [4.78, 5) is 10.6. The van der Waals surface area contributed by atoms with Crippen LogP contribution < -0.4 is 0 Å². The van der Waals surface area contributed by atoms with Crippen LogP contribution in [0, 0.1) is 17.8 Å². The first kappa shape index (κ1) is 8.28. The molecule has 12 heavy (non-hydrogen) atoms. The van der Waals surface area contributed by atoms with Crippen molar-refractivity contribution in [3.05, 3.63) is 0 Å². The SMILES string of the molecule is O=C[C@@H]1CC[C@H]2CCCC[C@@H]2C1. The van der Waals surface area contributed by atoms with Gasteiger partial charge in [-0.05, 0) is 31.1 Å². The van der Waals surface area contributed by atoms with Gasteiger partial charge in [-0.3, -0.25) is 0 Å². The van der Waals surface area contributed by atoms with Gasteiger partial charge in [0.2, 0.25) is 0 Å². The smallest absolute Gasteiger partial charge is 0.123 e. The number of fused-ring (bicyclic) bond motifs is 1. The Morgan fingerprint density at radius 3 is 2.42 bits per heavy atom. The number of hydrogen-bond acceptors (Lipinski definition) is 1. The minimum absolute atomic E-state index is 0.407. The summed E-state index contributed by atoms with van der Waals surface area (Å²) in [5, 5.41) is 0. The Bertz CT molecular complexity index is 164. The molecule has 0 amide bonds. The van der Waals surface area contributed by atoms with Gasteiger partial charge in [0.25, 0.3) is 0 Å². The third-order valence-electron chi connectivity index (χ3n) is 3.77. The van der Waals surface area contributed by atoms with E-state index in [1.54, 1.807) is 0 Å². The van der Waals surface area contributed by atoms with Crippen molar-refractivity contribution in [1.82, 2.24) is 0 Å². The molecule has 0 unspecified atom stereocenters. The van der Waals surface area contributed by atoms with Crippen molar-refractivity contribution in [3.8, 4) is 0 Å². The lowest BCUT2D eigenvalue weighted by Crippen LogP contribution is -2.28. The molecule has 68 valence electrons. The molecule has 2 aliphatic rings. The van der Waals surface area contributed by atoms with Gasteiger partial charge in [-0.1, -0.05) is 25.7 Å². The minimum Gasteiger partial charge on any atom is -0.303 e. The second-order valence-electron chi connectivity index (χ2n) is 4.51. The summed E-state index contributed by atoms with van der Waals surface area (Å²) >= 11 is 0. The fourth-order valence-electron chi connectivity index (χ4n) is 3.03. The zero-order valence-corrected chi connectivity index (χ0v) is 7.67. The summed E-state index contributed by atoms with van der Waals surface area (Å²) in [5.74, 6) is 2.29. The van der Waals surface area contributed by atoms with Gasteiger partial charge >= 0.3 is 0 Å². The van der Waals surface area contributed by atoms with E-state index in [4.69, 9.17) is 0 Å². The number of carbonyl (C=O) groups is 1. The molecule has 0 aromatic rings. The molecule has 0 aromatic heterocycles. The number of aldehydes is 1. The fraction of sp³-hybridized carbons (Fsp3) is 0.909. The molecular weight excluding hydrogens is 148 g/mol. The quantitative estimate of drug-likeness (QED) is 0.547. The minimum atomic E-state index is 0.407. The van der Waals surface area contributed by atoms with Gasteiger partial charge in [0.05, 0.1) is 0 Å². The largest absolute Gasteiger partial charge is 0.303 e. The summed E-state index contributed by atoms with van der Waals surface area (Å²) in [6.07, 6.45) is 10.6. The lowest BCUT2D eigenvalue weighted by atomic mass is 9.68. The van der Waals surface area contributed by atoms with E-state index >= 15 is 0 Å². The Hall–Kier alpha value is -0.330. The van der Waals surface area contributed by atoms with Gasteiger partial charge in [-0.25, -0.2) is 0 Å². The second kappa shape index (κ2) is 3.59. The highest BCUT2D eigenvalue weighted by Crippen LogP contribution is 2.41. The van der Waals surface area contributed by atoms with Crippen molar-refractivity contribution in [1.29, 1.82) is 0 Å². The number of hydrogen-bond donors (Lipinski definition) is 0. The molecule has 0 N–H and O–H groups in total. The van der Waals surface area contributed by atoms with E-state index in [1.807, 2.05) is 0 Å². The molecule has 2 rings (SSSR count). The van der Waals surface area contributed by atoms with Crippen molar-refractivity contribution < 1.29 is 4.79 Å². The van der Waals surface area contributed by atoms with E-state index < -0.39 is 0 Å². The van der Waals surface area contributed by atoms with Crippen LogP contribution in [0.2, 0.25) is 0 Å². The maximum atomic E-state index is 10.6. The second-order valence-corrected chi connectivity index (χ2v) is 4.51. The van der Waals surface area contributed by atoms with Crippen LogP contribution in [-0.2, 0) is 4.79 Å². The Balaban J connectivity index is 1.93. The lowest BCUT2D eigenvalue weighted by molar-refractivity contribution is -0.113. The molecule has 0 aromatic carbocycles. The molecule has 0 heterocycles. The maximum Gasteiger partial charge on any atom is 0.123 e. The highest BCUT2D eigenvalue weighted by Gasteiger charge is 2.31. The van der Waals surface area contributed by atoms with Gasteiger partial charge in [-0.2, -0.15) is 0 Å². The maximum absolute atomic E-state index is 10.6. The molecular formula is C11H18O. The Kier molecular flexibility index (Phi) is 2.48. The Morgan fingerprint density at radius 2 is 1.67 bits per heavy atom. The summed E-state index contributed by atoms with van der Waals surface area (Å²) in [6.45, 7) is 0. The Labute approximate surface area is 74.5 Å². The third-order valence-corrected chi connectivity index (χ3v) is 3.77. The summed E-state index contributed by atoms with van der Waals surface area (Å²) in [6, 6.07) is 0.